The van der Waals surface area contributed by atoms with Crippen molar-refractivity contribution in [2.75, 3.05) is 13.2 Å². The third-order valence-electron chi connectivity index (χ3n) is 1.56. The van der Waals surface area contributed by atoms with Crippen LogP contribution in [0.15, 0.2) is 0 Å². The lowest BCUT2D eigenvalue weighted by atomic mass is 10.3. The number of hydrogen-bond acceptors (Lipinski definition) is 4. The Morgan fingerprint density at radius 2 is 2.09 bits per heavy atom. The lowest BCUT2D eigenvalue weighted by molar-refractivity contribution is 0.00742. The monoisotopic (exact) mass is 162 g/mol. The Kier molecular flexibility index (Phi) is 5.41. The summed E-state index contributed by atoms with van der Waals surface area (Å²) in [5.74, 6) is -1.24. The van der Waals surface area contributed by atoms with Crippen LogP contribution in [0, 0.1) is 0 Å². The Morgan fingerprint density at radius 1 is 1.45 bits per heavy atom. The first-order valence-corrected chi connectivity index (χ1v) is 3.99. The molecule has 0 aromatic rings. The molecule has 0 radical (unpaired) electrons. The molecule has 0 rings (SSSR count). The SMILES string of the molecule is CCC(N)(O)NCCCCO. The maximum atomic E-state index is 9.23. The molecular formula is C7H18N2O2. The minimum absolute atomic E-state index is 0.191. The van der Waals surface area contributed by atoms with Crippen LogP contribution < -0.4 is 11.1 Å². The van der Waals surface area contributed by atoms with Gasteiger partial charge in [-0.2, -0.15) is 0 Å². The number of aliphatic hydroxyl groups is 2. The van der Waals surface area contributed by atoms with Gasteiger partial charge in [0.25, 0.3) is 0 Å². The van der Waals surface area contributed by atoms with Crippen LogP contribution in [0.25, 0.3) is 0 Å². The highest BCUT2D eigenvalue weighted by Gasteiger charge is 2.15. The maximum Gasteiger partial charge on any atom is 0.168 e. The lowest BCUT2D eigenvalue weighted by Gasteiger charge is -2.22. The molecule has 0 aromatic carbocycles. The van der Waals surface area contributed by atoms with Gasteiger partial charge in [-0.15, -0.1) is 0 Å². The molecular weight excluding hydrogens is 144 g/mol. The van der Waals surface area contributed by atoms with E-state index in [4.69, 9.17) is 10.8 Å². The van der Waals surface area contributed by atoms with Gasteiger partial charge in [0.05, 0.1) is 0 Å². The minimum atomic E-state index is -1.24. The highest BCUT2D eigenvalue weighted by atomic mass is 16.3. The van der Waals surface area contributed by atoms with Crippen LogP contribution in [-0.4, -0.2) is 29.2 Å². The van der Waals surface area contributed by atoms with Crippen LogP contribution in [0.5, 0.6) is 0 Å². The first-order chi connectivity index (χ1) is 5.12. The van der Waals surface area contributed by atoms with Gasteiger partial charge in [0.2, 0.25) is 0 Å². The average Bonchev–Trinajstić information content (AvgIpc) is 1.99. The van der Waals surface area contributed by atoms with Crippen molar-refractivity contribution in [1.82, 2.24) is 5.32 Å². The Hall–Kier alpha value is -0.160. The van der Waals surface area contributed by atoms with E-state index in [0.717, 1.165) is 12.8 Å². The zero-order valence-corrected chi connectivity index (χ0v) is 7.01. The predicted octanol–water partition coefficient (Wildman–Crippen LogP) is -0.637. The molecule has 0 aliphatic rings. The second-order valence-corrected chi connectivity index (χ2v) is 2.64. The Balaban J connectivity index is 3.23. The zero-order chi connectivity index (χ0) is 8.74. The summed E-state index contributed by atoms with van der Waals surface area (Å²) in [5, 5.41) is 20.4. The molecule has 0 saturated carbocycles. The molecule has 0 aromatic heterocycles. The van der Waals surface area contributed by atoms with Crippen LogP contribution in [-0.2, 0) is 0 Å². The molecule has 0 aliphatic heterocycles. The van der Waals surface area contributed by atoms with Crippen LogP contribution in [0.1, 0.15) is 26.2 Å². The smallest absolute Gasteiger partial charge is 0.168 e. The van der Waals surface area contributed by atoms with Gasteiger partial charge in [0.1, 0.15) is 0 Å². The van der Waals surface area contributed by atoms with E-state index in [2.05, 4.69) is 5.32 Å². The van der Waals surface area contributed by atoms with Gasteiger partial charge < -0.3 is 10.2 Å². The van der Waals surface area contributed by atoms with Crippen molar-refractivity contribution >= 4 is 0 Å². The van der Waals surface area contributed by atoms with Crippen molar-refractivity contribution < 1.29 is 10.2 Å². The van der Waals surface area contributed by atoms with Crippen LogP contribution in [0.2, 0.25) is 0 Å². The van der Waals surface area contributed by atoms with Crippen molar-refractivity contribution in [3.63, 3.8) is 0 Å². The molecule has 4 nitrogen and oxygen atoms in total. The zero-order valence-electron chi connectivity index (χ0n) is 7.01. The molecule has 0 fully saturated rings. The fraction of sp³-hybridized carbons (Fsp3) is 1.00. The molecule has 0 heterocycles. The van der Waals surface area contributed by atoms with Gasteiger partial charge >= 0.3 is 0 Å². The van der Waals surface area contributed by atoms with Gasteiger partial charge in [-0.25, -0.2) is 0 Å². The van der Waals surface area contributed by atoms with E-state index in [-0.39, 0.29) is 6.61 Å². The number of unbranched alkanes of at least 4 members (excludes halogenated alkanes) is 1. The van der Waals surface area contributed by atoms with E-state index in [1.165, 1.54) is 0 Å². The number of hydrogen-bond donors (Lipinski definition) is 4. The molecule has 0 bridgehead atoms. The molecule has 5 N–H and O–H groups in total. The van der Waals surface area contributed by atoms with Crippen molar-refractivity contribution in [2.45, 2.75) is 32.0 Å². The van der Waals surface area contributed by atoms with Crippen LogP contribution in [0.3, 0.4) is 0 Å². The number of aliphatic hydroxyl groups excluding tert-OH is 1. The molecule has 1 atom stereocenters. The van der Waals surface area contributed by atoms with Crippen molar-refractivity contribution in [3.05, 3.63) is 0 Å². The molecule has 1 unspecified atom stereocenters. The Bertz CT molecular complexity index is 96.4. The first kappa shape index (κ1) is 10.8. The highest BCUT2D eigenvalue weighted by Crippen LogP contribution is 1.95. The summed E-state index contributed by atoms with van der Waals surface area (Å²) in [7, 11) is 0. The van der Waals surface area contributed by atoms with E-state index in [1.54, 1.807) is 6.92 Å². The summed E-state index contributed by atoms with van der Waals surface area (Å²) in [6.45, 7) is 2.64. The van der Waals surface area contributed by atoms with E-state index in [1.807, 2.05) is 0 Å². The number of nitrogens with one attached hydrogen (secondary N) is 1. The average molecular weight is 162 g/mol. The summed E-state index contributed by atoms with van der Waals surface area (Å²) < 4.78 is 0. The predicted molar refractivity (Wildman–Crippen MR) is 43.8 cm³/mol. The van der Waals surface area contributed by atoms with Crippen LogP contribution >= 0.6 is 0 Å². The first-order valence-electron chi connectivity index (χ1n) is 3.99. The van der Waals surface area contributed by atoms with E-state index in [9.17, 15) is 5.11 Å². The highest BCUT2D eigenvalue weighted by molar-refractivity contribution is 4.64. The molecule has 68 valence electrons. The fourth-order valence-electron chi connectivity index (χ4n) is 0.667. The van der Waals surface area contributed by atoms with Gasteiger partial charge in [-0.05, 0) is 19.4 Å². The molecule has 0 amide bonds. The van der Waals surface area contributed by atoms with Crippen LogP contribution in [0.4, 0.5) is 0 Å². The summed E-state index contributed by atoms with van der Waals surface area (Å²) >= 11 is 0. The second kappa shape index (κ2) is 5.49. The standard InChI is InChI=1S/C7H18N2O2/c1-2-7(8,11)9-5-3-4-6-10/h9-11H,2-6,8H2,1H3. The largest absolute Gasteiger partial charge is 0.396 e. The topological polar surface area (TPSA) is 78.5 Å². The Labute approximate surface area is 67.4 Å². The second-order valence-electron chi connectivity index (χ2n) is 2.64. The number of nitrogens with two attached hydrogens (primary N) is 1. The molecule has 11 heavy (non-hydrogen) atoms. The summed E-state index contributed by atoms with van der Waals surface area (Å²) in [6.07, 6.45) is 2.05. The van der Waals surface area contributed by atoms with Gasteiger partial charge in [-0.1, -0.05) is 6.92 Å². The van der Waals surface area contributed by atoms with Crippen molar-refractivity contribution in [2.24, 2.45) is 5.73 Å². The van der Waals surface area contributed by atoms with Crippen molar-refractivity contribution in [1.29, 1.82) is 0 Å². The third kappa shape index (κ3) is 6.25. The van der Waals surface area contributed by atoms with E-state index in [0.29, 0.717) is 13.0 Å². The van der Waals surface area contributed by atoms with Gasteiger partial charge in [0, 0.05) is 13.0 Å². The molecule has 4 heteroatoms. The number of rotatable bonds is 6. The molecule has 0 aliphatic carbocycles. The maximum absolute atomic E-state index is 9.23. The summed E-state index contributed by atoms with van der Waals surface area (Å²) in [5.41, 5.74) is 5.38. The van der Waals surface area contributed by atoms with E-state index >= 15 is 0 Å². The van der Waals surface area contributed by atoms with Gasteiger partial charge in [0.15, 0.2) is 5.85 Å². The summed E-state index contributed by atoms with van der Waals surface area (Å²) in [6, 6.07) is 0. The summed E-state index contributed by atoms with van der Waals surface area (Å²) in [4.78, 5) is 0. The van der Waals surface area contributed by atoms with Crippen molar-refractivity contribution in [3.8, 4) is 0 Å². The lowest BCUT2D eigenvalue weighted by Crippen LogP contribution is -2.53. The fourth-order valence-corrected chi connectivity index (χ4v) is 0.667. The molecule has 0 spiro atoms. The third-order valence-corrected chi connectivity index (χ3v) is 1.56. The Morgan fingerprint density at radius 3 is 2.55 bits per heavy atom. The normalized spacial score (nSPS) is 16.4. The molecule has 0 saturated heterocycles. The quantitative estimate of drug-likeness (QED) is 0.309. The van der Waals surface area contributed by atoms with E-state index < -0.39 is 5.85 Å². The van der Waals surface area contributed by atoms with Gasteiger partial charge in [-0.3, -0.25) is 11.1 Å². The minimum Gasteiger partial charge on any atom is -0.396 e.